The summed E-state index contributed by atoms with van der Waals surface area (Å²) < 4.78 is 0. The molecule has 0 spiro atoms. The predicted octanol–water partition coefficient (Wildman–Crippen LogP) is -1.14. The van der Waals surface area contributed by atoms with Crippen LogP contribution < -0.4 is 27.4 Å². The van der Waals surface area contributed by atoms with Crippen LogP contribution in [0.15, 0.2) is 12.5 Å². The van der Waals surface area contributed by atoms with Crippen LogP contribution in [0.4, 0.5) is 0 Å². The number of H-pyrrole nitrogens is 1. The van der Waals surface area contributed by atoms with Crippen LogP contribution in [0.3, 0.4) is 0 Å². The molecule has 14 nitrogen and oxygen atoms in total. The molecule has 208 valence electrons. The van der Waals surface area contributed by atoms with Gasteiger partial charge in [-0.25, -0.2) is 9.78 Å². The fourth-order valence-corrected chi connectivity index (χ4v) is 3.48. The number of carbonyl (C=O) groups is 5. The minimum Gasteiger partial charge on any atom is -0.481 e. The molecule has 0 aliphatic heterocycles. The number of amides is 3. The lowest BCUT2D eigenvalue weighted by Gasteiger charge is -2.28. The minimum absolute atomic E-state index is 0.0335. The van der Waals surface area contributed by atoms with E-state index in [1.54, 1.807) is 6.92 Å². The van der Waals surface area contributed by atoms with Crippen LogP contribution >= 0.6 is 0 Å². The average Bonchev–Trinajstić information content (AvgIpc) is 3.37. The third-order valence-corrected chi connectivity index (χ3v) is 5.97. The zero-order chi connectivity index (χ0) is 28.0. The van der Waals surface area contributed by atoms with Crippen LogP contribution in [-0.2, 0) is 30.4 Å². The van der Waals surface area contributed by atoms with Crippen molar-refractivity contribution in [3.63, 3.8) is 0 Å². The maximum Gasteiger partial charge on any atom is 0.326 e. The number of nitrogens with zero attached hydrogens (tertiary/aromatic N) is 1. The van der Waals surface area contributed by atoms with Crippen molar-refractivity contribution in [2.45, 2.75) is 83.0 Å². The van der Waals surface area contributed by atoms with Crippen molar-refractivity contribution in [1.29, 1.82) is 0 Å². The number of carboxylic acids is 2. The monoisotopic (exact) mass is 525 g/mol. The molecule has 0 bridgehead atoms. The van der Waals surface area contributed by atoms with Gasteiger partial charge in [-0.1, -0.05) is 20.3 Å². The average molecular weight is 526 g/mol. The van der Waals surface area contributed by atoms with Crippen molar-refractivity contribution < 1.29 is 34.2 Å². The fraction of sp³-hybridized carbons (Fsp3) is 0.652. The van der Waals surface area contributed by atoms with E-state index in [4.69, 9.17) is 16.6 Å². The minimum atomic E-state index is -1.26. The van der Waals surface area contributed by atoms with E-state index in [1.165, 1.54) is 12.5 Å². The van der Waals surface area contributed by atoms with E-state index in [0.717, 1.165) is 0 Å². The summed E-state index contributed by atoms with van der Waals surface area (Å²) in [6, 6.07) is -4.51. The lowest BCUT2D eigenvalue weighted by Crippen LogP contribution is -2.58. The molecule has 1 aromatic rings. The first kappa shape index (κ1) is 31.5. The Bertz CT molecular complexity index is 894. The van der Waals surface area contributed by atoms with Crippen LogP contribution in [0.25, 0.3) is 0 Å². The van der Waals surface area contributed by atoms with E-state index >= 15 is 0 Å². The zero-order valence-electron chi connectivity index (χ0n) is 21.2. The van der Waals surface area contributed by atoms with Gasteiger partial charge in [0.05, 0.1) is 12.4 Å². The standard InChI is InChI=1S/C23H39N7O7/c1-3-13(2)19(22(35)29-17(23(36)37)10-14-11-26-12-27-14)30-21(34)16(6-4-5-9-24)28-20(33)15(25)7-8-18(31)32/h11-13,15-17,19H,3-10,24-25H2,1-2H3,(H,26,27)(H,28,33)(H,29,35)(H,30,34)(H,31,32)(H,36,37). The Hall–Kier alpha value is -3.52. The number of hydrogen-bond acceptors (Lipinski definition) is 8. The molecule has 1 heterocycles. The van der Waals surface area contributed by atoms with Crippen LogP contribution in [0.1, 0.15) is 58.1 Å². The van der Waals surface area contributed by atoms with Gasteiger partial charge in [-0.05, 0) is 38.1 Å². The molecule has 1 aromatic heterocycles. The highest BCUT2D eigenvalue weighted by Crippen LogP contribution is 2.11. The Kier molecular flexibility index (Phi) is 13.9. The van der Waals surface area contributed by atoms with Crippen LogP contribution in [0.2, 0.25) is 0 Å². The van der Waals surface area contributed by atoms with Gasteiger partial charge in [-0.15, -0.1) is 0 Å². The van der Waals surface area contributed by atoms with Gasteiger partial charge in [0.1, 0.15) is 18.1 Å². The number of aromatic nitrogens is 2. The van der Waals surface area contributed by atoms with E-state index in [9.17, 15) is 29.1 Å². The highest BCUT2D eigenvalue weighted by Gasteiger charge is 2.32. The molecule has 14 heteroatoms. The summed E-state index contributed by atoms with van der Waals surface area (Å²) in [5.41, 5.74) is 11.8. The quantitative estimate of drug-likeness (QED) is 0.107. The van der Waals surface area contributed by atoms with Crippen molar-refractivity contribution in [2.24, 2.45) is 17.4 Å². The number of imidazole rings is 1. The Morgan fingerprint density at radius 1 is 1.00 bits per heavy atom. The summed E-state index contributed by atoms with van der Waals surface area (Å²) in [7, 11) is 0. The molecular weight excluding hydrogens is 486 g/mol. The summed E-state index contributed by atoms with van der Waals surface area (Å²) in [5.74, 6) is -4.72. The molecule has 0 saturated carbocycles. The van der Waals surface area contributed by atoms with E-state index in [-0.39, 0.29) is 31.6 Å². The normalized spacial score (nSPS) is 15.0. The van der Waals surface area contributed by atoms with E-state index in [2.05, 4.69) is 25.9 Å². The molecular formula is C23H39N7O7. The topological polar surface area (TPSA) is 243 Å². The van der Waals surface area contributed by atoms with E-state index < -0.39 is 53.8 Å². The highest BCUT2D eigenvalue weighted by atomic mass is 16.4. The molecule has 37 heavy (non-hydrogen) atoms. The molecule has 0 saturated heterocycles. The molecule has 5 unspecified atom stereocenters. The number of rotatable bonds is 18. The number of hydrogen-bond donors (Lipinski definition) is 8. The second kappa shape index (κ2) is 16.3. The Morgan fingerprint density at radius 3 is 2.22 bits per heavy atom. The summed E-state index contributed by atoms with van der Waals surface area (Å²) in [4.78, 5) is 67.9. The number of nitrogens with one attached hydrogen (secondary N) is 4. The molecule has 0 radical (unpaired) electrons. The number of aromatic amines is 1. The van der Waals surface area contributed by atoms with Gasteiger partial charge in [0.2, 0.25) is 17.7 Å². The molecule has 1 rings (SSSR count). The molecule has 0 aromatic carbocycles. The fourth-order valence-electron chi connectivity index (χ4n) is 3.48. The van der Waals surface area contributed by atoms with Gasteiger partial charge in [0, 0.05) is 24.7 Å². The first-order valence-corrected chi connectivity index (χ1v) is 12.3. The molecule has 3 amide bonds. The molecule has 5 atom stereocenters. The summed E-state index contributed by atoms with van der Waals surface area (Å²) >= 11 is 0. The molecule has 10 N–H and O–H groups in total. The maximum atomic E-state index is 13.2. The van der Waals surface area contributed by atoms with Crippen molar-refractivity contribution in [3.05, 3.63) is 18.2 Å². The Labute approximate surface area is 215 Å². The van der Waals surface area contributed by atoms with Crippen LogP contribution in [-0.4, -0.2) is 80.6 Å². The number of nitrogens with two attached hydrogens (primary N) is 2. The number of carboxylic acid groups (broad SMARTS) is 2. The van der Waals surface area contributed by atoms with Gasteiger partial charge in [0.25, 0.3) is 0 Å². The number of aliphatic carboxylic acids is 2. The summed E-state index contributed by atoms with van der Waals surface area (Å²) in [6.45, 7) is 3.93. The second-order valence-electron chi connectivity index (χ2n) is 8.94. The van der Waals surface area contributed by atoms with Gasteiger partial charge < -0.3 is 42.6 Å². The third-order valence-electron chi connectivity index (χ3n) is 5.97. The van der Waals surface area contributed by atoms with Crippen LogP contribution in [0, 0.1) is 5.92 Å². The lowest BCUT2D eigenvalue weighted by atomic mass is 9.96. The number of carbonyl (C=O) groups excluding carboxylic acids is 3. The van der Waals surface area contributed by atoms with Gasteiger partial charge in [0.15, 0.2) is 0 Å². The predicted molar refractivity (Wildman–Crippen MR) is 133 cm³/mol. The Morgan fingerprint density at radius 2 is 1.68 bits per heavy atom. The largest absolute Gasteiger partial charge is 0.481 e. The smallest absolute Gasteiger partial charge is 0.326 e. The van der Waals surface area contributed by atoms with Gasteiger partial charge in [-0.2, -0.15) is 0 Å². The SMILES string of the molecule is CCC(C)C(NC(=O)C(CCCCN)NC(=O)C(N)CCC(=O)O)C(=O)NC(Cc1cnc[nH]1)C(=O)O. The second-order valence-corrected chi connectivity index (χ2v) is 8.94. The molecule has 0 fully saturated rings. The maximum absolute atomic E-state index is 13.2. The lowest BCUT2D eigenvalue weighted by molar-refractivity contribution is -0.142. The molecule has 0 aliphatic carbocycles. The van der Waals surface area contributed by atoms with E-state index in [1.807, 2.05) is 6.92 Å². The van der Waals surface area contributed by atoms with Crippen molar-refractivity contribution in [3.8, 4) is 0 Å². The van der Waals surface area contributed by atoms with Gasteiger partial charge in [-0.3, -0.25) is 19.2 Å². The van der Waals surface area contributed by atoms with Crippen LogP contribution in [0.5, 0.6) is 0 Å². The van der Waals surface area contributed by atoms with Crippen molar-refractivity contribution in [2.75, 3.05) is 6.54 Å². The first-order chi connectivity index (χ1) is 17.5. The Balaban J connectivity index is 2.98. The third kappa shape index (κ3) is 11.4. The van der Waals surface area contributed by atoms with Crippen molar-refractivity contribution >= 4 is 29.7 Å². The van der Waals surface area contributed by atoms with Gasteiger partial charge >= 0.3 is 11.9 Å². The van der Waals surface area contributed by atoms with E-state index in [0.29, 0.717) is 31.5 Å². The number of unbranched alkanes of at least 4 members (excludes halogenated alkanes) is 1. The first-order valence-electron chi connectivity index (χ1n) is 12.3. The molecule has 0 aliphatic rings. The zero-order valence-corrected chi connectivity index (χ0v) is 21.2. The summed E-state index contributed by atoms with van der Waals surface area (Å²) in [6.07, 6.45) is 4.21. The highest BCUT2D eigenvalue weighted by molar-refractivity contribution is 5.94. The van der Waals surface area contributed by atoms with Crippen molar-refractivity contribution in [1.82, 2.24) is 25.9 Å². The summed E-state index contributed by atoms with van der Waals surface area (Å²) in [5, 5.41) is 26.0.